The minimum Gasteiger partial charge on any atom is -0.478 e. The summed E-state index contributed by atoms with van der Waals surface area (Å²) < 4.78 is 5.28. The van der Waals surface area contributed by atoms with Crippen LogP contribution in [0.1, 0.15) is 22.8 Å². The molecule has 2 N–H and O–H groups in total. The number of rotatable bonds is 6. The maximum absolute atomic E-state index is 12.1. The summed E-state index contributed by atoms with van der Waals surface area (Å²) in [6, 6.07) is 15.4. The van der Waals surface area contributed by atoms with Crippen molar-refractivity contribution in [2.24, 2.45) is 5.10 Å². The van der Waals surface area contributed by atoms with E-state index in [1.54, 1.807) is 48.5 Å². The van der Waals surface area contributed by atoms with Crippen LogP contribution in [0.25, 0.3) is 0 Å². The number of benzene rings is 2. The van der Waals surface area contributed by atoms with Crippen molar-refractivity contribution in [3.05, 3.63) is 59.7 Å². The summed E-state index contributed by atoms with van der Waals surface area (Å²) in [5.74, 6) is -0.141. The summed E-state index contributed by atoms with van der Waals surface area (Å²) in [6.45, 7) is 1.32. The Kier molecular flexibility index (Phi) is 6.25. The van der Waals surface area contributed by atoms with Gasteiger partial charge in [-0.2, -0.15) is 10.4 Å². The van der Waals surface area contributed by atoms with Gasteiger partial charge in [0.25, 0.3) is 5.91 Å². The molecule has 0 bridgehead atoms. The molecule has 0 saturated heterocycles. The Labute approximate surface area is 144 Å². The third-order valence-electron chi connectivity index (χ3n) is 3.03. The van der Waals surface area contributed by atoms with Crippen LogP contribution in [0.4, 0.5) is 5.69 Å². The number of hydrogen-bond acceptors (Lipinski definition) is 5. The summed E-state index contributed by atoms with van der Waals surface area (Å²) in [5, 5.41) is 15.1. The lowest BCUT2D eigenvalue weighted by Gasteiger charge is -2.06. The number of carbonyl (C=O) groups is 2. The maximum atomic E-state index is 12.1. The van der Waals surface area contributed by atoms with Crippen LogP contribution in [0.5, 0.6) is 5.75 Å². The van der Waals surface area contributed by atoms with Crippen molar-refractivity contribution in [2.45, 2.75) is 6.92 Å². The molecule has 0 unspecified atom stereocenters. The number of anilines is 1. The summed E-state index contributed by atoms with van der Waals surface area (Å²) in [5.41, 5.74) is 3.92. The molecule has 0 aliphatic rings. The molecular formula is C18H16N4O3. The van der Waals surface area contributed by atoms with Gasteiger partial charge in [0.15, 0.2) is 6.61 Å². The van der Waals surface area contributed by atoms with Crippen LogP contribution in [-0.4, -0.2) is 24.6 Å². The van der Waals surface area contributed by atoms with Gasteiger partial charge in [-0.3, -0.25) is 9.59 Å². The van der Waals surface area contributed by atoms with Crippen LogP contribution in [-0.2, 0) is 4.79 Å². The number of hydrogen-bond donors (Lipinski definition) is 2. The third-order valence-corrected chi connectivity index (χ3v) is 3.03. The van der Waals surface area contributed by atoms with Crippen LogP contribution >= 0.6 is 0 Å². The predicted molar refractivity (Wildman–Crippen MR) is 93.4 cm³/mol. The molecule has 25 heavy (non-hydrogen) atoms. The van der Waals surface area contributed by atoms with E-state index in [-0.39, 0.29) is 12.5 Å². The first-order valence-electron chi connectivity index (χ1n) is 7.40. The zero-order chi connectivity index (χ0) is 18.1. The minimum atomic E-state index is -0.418. The van der Waals surface area contributed by atoms with Gasteiger partial charge in [-0.15, -0.1) is 0 Å². The first-order valence-corrected chi connectivity index (χ1v) is 7.40. The first kappa shape index (κ1) is 17.7. The van der Waals surface area contributed by atoms with Gasteiger partial charge < -0.3 is 10.1 Å². The summed E-state index contributed by atoms with van der Waals surface area (Å²) in [6.07, 6.45) is 1.43. The molecule has 0 spiro atoms. The van der Waals surface area contributed by atoms with E-state index in [4.69, 9.17) is 10.00 Å². The fraction of sp³-hybridized carbons (Fsp3) is 0.111. The van der Waals surface area contributed by atoms with Gasteiger partial charge in [0.1, 0.15) is 11.8 Å². The molecule has 126 valence electrons. The monoisotopic (exact) mass is 336 g/mol. The molecule has 0 aromatic heterocycles. The van der Waals surface area contributed by atoms with Crippen molar-refractivity contribution in [3.8, 4) is 11.8 Å². The number of amides is 2. The molecule has 0 saturated carbocycles. The Morgan fingerprint density at radius 3 is 2.80 bits per heavy atom. The van der Waals surface area contributed by atoms with E-state index in [1.807, 2.05) is 6.07 Å². The second-order valence-electron chi connectivity index (χ2n) is 4.95. The van der Waals surface area contributed by atoms with Crippen LogP contribution < -0.4 is 15.5 Å². The number of nitrogens with one attached hydrogen (secondary N) is 2. The Balaban J connectivity index is 2.04. The van der Waals surface area contributed by atoms with Gasteiger partial charge in [0.2, 0.25) is 5.91 Å². The summed E-state index contributed by atoms with van der Waals surface area (Å²) in [7, 11) is 0. The number of hydrazone groups is 1. The lowest BCUT2D eigenvalue weighted by Crippen LogP contribution is -2.18. The Morgan fingerprint density at radius 2 is 2.04 bits per heavy atom. The molecule has 7 heteroatoms. The molecule has 2 aromatic carbocycles. The molecule has 7 nitrogen and oxygen atoms in total. The molecule has 0 aliphatic heterocycles. The quantitative estimate of drug-likeness (QED) is 0.624. The van der Waals surface area contributed by atoms with E-state index < -0.39 is 5.91 Å². The Morgan fingerprint density at radius 1 is 1.24 bits per heavy atom. The largest absolute Gasteiger partial charge is 0.478 e. The van der Waals surface area contributed by atoms with Gasteiger partial charge >= 0.3 is 0 Å². The highest BCUT2D eigenvalue weighted by Gasteiger charge is 2.06. The van der Waals surface area contributed by atoms with E-state index in [2.05, 4.69) is 15.8 Å². The molecule has 0 aliphatic carbocycles. The van der Waals surface area contributed by atoms with Crippen molar-refractivity contribution in [1.29, 1.82) is 5.26 Å². The molecule has 2 amide bonds. The molecule has 0 radical (unpaired) electrons. The zero-order valence-corrected chi connectivity index (χ0v) is 13.5. The van der Waals surface area contributed by atoms with Gasteiger partial charge in [-0.05, 0) is 30.3 Å². The van der Waals surface area contributed by atoms with Crippen molar-refractivity contribution in [3.63, 3.8) is 0 Å². The van der Waals surface area contributed by atoms with Crippen LogP contribution in [0, 0.1) is 11.3 Å². The van der Waals surface area contributed by atoms with Gasteiger partial charge in [0.05, 0.1) is 6.21 Å². The van der Waals surface area contributed by atoms with E-state index in [1.165, 1.54) is 13.1 Å². The average molecular weight is 336 g/mol. The molecule has 0 heterocycles. The van der Waals surface area contributed by atoms with Crippen LogP contribution in [0.15, 0.2) is 53.6 Å². The second-order valence-corrected chi connectivity index (χ2v) is 4.95. The van der Waals surface area contributed by atoms with Crippen LogP contribution in [0.3, 0.4) is 0 Å². The molecular weight excluding hydrogens is 320 g/mol. The minimum absolute atomic E-state index is 0.0762. The normalized spacial score (nSPS) is 10.1. The fourth-order valence-electron chi connectivity index (χ4n) is 2.00. The first-order chi connectivity index (χ1) is 12.1. The Hall–Kier alpha value is -3.66. The lowest BCUT2D eigenvalue weighted by molar-refractivity contribution is -0.114. The highest BCUT2D eigenvalue weighted by atomic mass is 16.5. The number of nitrogens with zero attached hydrogens (tertiary/aromatic N) is 2. The second kappa shape index (κ2) is 8.84. The molecule has 2 aromatic rings. The fourth-order valence-corrected chi connectivity index (χ4v) is 2.00. The highest BCUT2D eigenvalue weighted by molar-refractivity contribution is 5.97. The molecule has 2 rings (SSSR count). The van der Waals surface area contributed by atoms with Crippen molar-refractivity contribution >= 4 is 23.7 Å². The van der Waals surface area contributed by atoms with Gasteiger partial charge in [-0.25, -0.2) is 5.43 Å². The van der Waals surface area contributed by atoms with E-state index in [0.717, 1.165) is 0 Å². The topological polar surface area (TPSA) is 104 Å². The summed E-state index contributed by atoms with van der Waals surface area (Å²) in [4.78, 5) is 23.2. The standard InChI is InChI=1S/C18H16N4O3/c1-13(23)21-16-7-4-6-14(11-16)18(24)22-20-12-15-5-2-3-8-17(15)25-10-9-19/h2-8,11-12H,10H2,1H3,(H,21,23)(H,22,24)/b20-12-. The highest BCUT2D eigenvalue weighted by Crippen LogP contribution is 2.15. The number of ether oxygens (including phenoxy) is 1. The van der Waals surface area contributed by atoms with Crippen LogP contribution in [0.2, 0.25) is 0 Å². The van der Waals surface area contributed by atoms with Gasteiger partial charge in [-0.1, -0.05) is 18.2 Å². The van der Waals surface area contributed by atoms with Gasteiger partial charge in [0, 0.05) is 23.7 Å². The third kappa shape index (κ3) is 5.48. The lowest BCUT2D eigenvalue weighted by atomic mass is 10.2. The zero-order valence-electron chi connectivity index (χ0n) is 13.5. The molecule has 0 atom stereocenters. The van der Waals surface area contributed by atoms with Crippen molar-refractivity contribution in [1.82, 2.24) is 5.43 Å². The SMILES string of the molecule is CC(=O)Nc1cccc(C(=O)N/N=C\c2ccccc2OCC#N)c1. The molecule has 0 fully saturated rings. The number of carbonyl (C=O) groups excluding carboxylic acids is 2. The maximum Gasteiger partial charge on any atom is 0.271 e. The van der Waals surface area contributed by atoms with Crippen molar-refractivity contribution in [2.75, 3.05) is 11.9 Å². The van der Waals surface area contributed by atoms with Crippen molar-refractivity contribution < 1.29 is 14.3 Å². The summed E-state index contributed by atoms with van der Waals surface area (Å²) >= 11 is 0. The van der Waals surface area contributed by atoms with E-state index in [0.29, 0.717) is 22.6 Å². The Bertz CT molecular complexity index is 840. The smallest absolute Gasteiger partial charge is 0.271 e. The predicted octanol–water partition coefficient (Wildman–Crippen LogP) is 2.31. The average Bonchev–Trinajstić information content (AvgIpc) is 2.60. The number of nitriles is 1. The van der Waals surface area contributed by atoms with E-state index >= 15 is 0 Å². The number of para-hydroxylation sites is 1. The van der Waals surface area contributed by atoms with E-state index in [9.17, 15) is 9.59 Å².